The molecule has 0 heterocycles. The topological polar surface area (TPSA) is 41.5 Å². The quantitative estimate of drug-likeness (QED) is 0.857. The first-order valence-electron chi connectivity index (χ1n) is 6.90. The van der Waals surface area contributed by atoms with E-state index in [9.17, 15) is 5.11 Å². The molecule has 0 aliphatic rings. The van der Waals surface area contributed by atoms with Gasteiger partial charge in [-0.15, -0.1) is 0 Å². The van der Waals surface area contributed by atoms with Crippen LogP contribution in [0.2, 0.25) is 5.02 Å². The molecule has 0 saturated carbocycles. The lowest BCUT2D eigenvalue weighted by Crippen LogP contribution is -2.31. The highest BCUT2D eigenvalue weighted by Crippen LogP contribution is 2.21. The van der Waals surface area contributed by atoms with Gasteiger partial charge in [-0.05, 0) is 30.7 Å². The van der Waals surface area contributed by atoms with Crippen molar-refractivity contribution < 1.29 is 9.84 Å². The lowest BCUT2D eigenvalue weighted by molar-refractivity contribution is 0.135. The van der Waals surface area contributed by atoms with Gasteiger partial charge in [0.25, 0.3) is 0 Å². The minimum atomic E-state index is -0.586. The van der Waals surface area contributed by atoms with Crippen LogP contribution >= 0.6 is 11.6 Å². The summed E-state index contributed by atoms with van der Waals surface area (Å²) in [6.45, 7) is 2.59. The molecule has 2 unspecified atom stereocenters. The molecule has 0 amide bonds. The predicted octanol–water partition coefficient (Wildman–Crippen LogP) is 3.56. The highest BCUT2D eigenvalue weighted by Gasteiger charge is 2.16. The second-order valence-corrected chi connectivity index (χ2v) is 5.41. The Morgan fingerprint density at radius 2 is 1.81 bits per heavy atom. The van der Waals surface area contributed by atoms with Crippen LogP contribution in [0.1, 0.15) is 24.2 Å². The molecule has 0 radical (unpaired) electrons. The Bertz CT molecular complexity index is 571. The van der Waals surface area contributed by atoms with Crippen molar-refractivity contribution in [3.05, 3.63) is 64.7 Å². The molecule has 3 nitrogen and oxygen atoms in total. The number of aliphatic hydroxyl groups is 1. The molecule has 21 heavy (non-hydrogen) atoms. The maximum absolute atomic E-state index is 10.3. The molecule has 0 bridgehead atoms. The Balaban J connectivity index is 1.97. The van der Waals surface area contributed by atoms with Crippen molar-refractivity contribution in [2.24, 2.45) is 0 Å². The summed E-state index contributed by atoms with van der Waals surface area (Å²) < 4.78 is 5.32. The van der Waals surface area contributed by atoms with Crippen molar-refractivity contribution in [3.8, 4) is 5.75 Å². The number of methoxy groups -OCH3 is 1. The van der Waals surface area contributed by atoms with Gasteiger partial charge in [0.15, 0.2) is 0 Å². The number of rotatable bonds is 6. The first-order valence-corrected chi connectivity index (χ1v) is 7.28. The average Bonchev–Trinajstić information content (AvgIpc) is 2.52. The van der Waals surface area contributed by atoms with Crippen LogP contribution in [0.4, 0.5) is 0 Å². The molecule has 4 heteroatoms. The van der Waals surface area contributed by atoms with Crippen molar-refractivity contribution in [1.29, 1.82) is 0 Å². The molecule has 0 aliphatic carbocycles. The summed E-state index contributed by atoms with van der Waals surface area (Å²) >= 11 is 5.86. The van der Waals surface area contributed by atoms with Gasteiger partial charge in [0.05, 0.1) is 13.2 Å². The van der Waals surface area contributed by atoms with Crippen LogP contribution in [-0.2, 0) is 6.54 Å². The first kappa shape index (κ1) is 15.8. The van der Waals surface area contributed by atoms with Crippen LogP contribution < -0.4 is 10.1 Å². The molecule has 2 atom stereocenters. The summed E-state index contributed by atoms with van der Waals surface area (Å²) in [5.74, 6) is 0.846. The van der Waals surface area contributed by atoms with Crippen molar-refractivity contribution in [1.82, 2.24) is 5.32 Å². The van der Waals surface area contributed by atoms with E-state index >= 15 is 0 Å². The number of hydrogen-bond acceptors (Lipinski definition) is 3. The van der Waals surface area contributed by atoms with Gasteiger partial charge in [0, 0.05) is 23.2 Å². The summed E-state index contributed by atoms with van der Waals surface area (Å²) in [7, 11) is 1.66. The zero-order chi connectivity index (χ0) is 15.2. The van der Waals surface area contributed by atoms with Crippen molar-refractivity contribution in [2.75, 3.05) is 7.11 Å². The van der Waals surface area contributed by atoms with Gasteiger partial charge in [-0.25, -0.2) is 0 Å². The Labute approximate surface area is 130 Å². The number of benzene rings is 2. The number of halogens is 1. The van der Waals surface area contributed by atoms with Gasteiger partial charge < -0.3 is 15.2 Å². The Morgan fingerprint density at radius 3 is 2.48 bits per heavy atom. The smallest absolute Gasteiger partial charge is 0.123 e. The van der Waals surface area contributed by atoms with Crippen LogP contribution in [-0.4, -0.2) is 18.3 Å². The molecule has 0 aromatic heterocycles. The van der Waals surface area contributed by atoms with E-state index in [1.807, 2.05) is 43.3 Å². The van der Waals surface area contributed by atoms with Crippen LogP contribution in [0.3, 0.4) is 0 Å². The number of nitrogens with one attached hydrogen (secondary N) is 1. The van der Waals surface area contributed by atoms with Gasteiger partial charge in [0.1, 0.15) is 5.75 Å². The van der Waals surface area contributed by atoms with Crippen LogP contribution in [0.25, 0.3) is 0 Å². The Morgan fingerprint density at radius 1 is 1.14 bits per heavy atom. The van der Waals surface area contributed by atoms with Crippen molar-refractivity contribution >= 4 is 11.6 Å². The Kier molecular flexibility index (Phi) is 5.62. The normalized spacial score (nSPS) is 13.7. The molecule has 0 saturated heterocycles. The summed E-state index contributed by atoms with van der Waals surface area (Å²) in [4.78, 5) is 0. The molecule has 0 spiro atoms. The minimum absolute atomic E-state index is 0.0870. The Hall–Kier alpha value is -1.55. The fraction of sp³-hybridized carbons (Fsp3) is 0.294. The lowest BCUT2D eigenvalue weighted by atomic mass is 10.0. The van der Waals surface area contributed by atoms with Gasteiger partial charge in [-0.2, -0.15) is 0 Å². The van der Waals surface area contributed by atoms with E-state index in [2.05, 4.69) is 5.32 Å². The van der Waals surface area contributed by atoms with E-state index in [1.54, 1.807) is 19.2 Å². The number of para-hydroxylation sites is 1. The van der Waals surface area contributed by atoms with Gasteiger partial charge in [-0.3, -0.25) is 0 Å². The summed E-state index contributed by atoms with van der Waals surface area (Å²) in [6.07, 6.45) is -0.586. The average molecular weight is 306 g/mol. The largest absolute Gasteiger partial charge is 0.496 e. The second kappa shape index (κ2) is 7.46. The fourth-order valence-corrected chi connectivity index (χ4v) is 2.31. The van der Waals surface area contributed by atoms with E-state index in [0.29, 0.717) is 11.6 Å². The predicted molar refractivity (Wildman–Crippen MR) is 85.7 cm³/mol. The minimum Gasteiger partial charge on any atom is -0.496 e. The van der Waals surface area contributed by atoms with Crippen molar-refractivity contribution in [3.63, 3.8) is 0 Å². The van der Waals surface area contributed by atoms with Crippen LogP contribution in [0, 0.1) is 0 Å². The zero-order valence-corrected chi connectivity index (χ0v) is 13.0. The molecule has 112 valence electrons. The fourth-order valence-electron chi connectivity index (χ4n) is 2.18. The molecule has 2 aromatic carbocycles. The molecule has 2 rings (SSSR count). The lowest BCUT2D eigenvalue weighted by Gasteiger charge is -2.21. The molecule has 0 fully saturated rings. The second-order valence-electron chi connectivity index (χ2n) is 4.98. The highest BCUT2D eigenvalue weighted by molar-refractivity contribution is 6.30. The third kappa shape index (κ3) is 4.21. The third-order valence-electron chi connectivity index (χ3n) is 3.49. The molecule has 2 N–H and O–H groups in total. The van der Waals surface area contributed by atoms with E-state index in [1.165, 1.54) is 0 Å². The molecule has 2 aromatic rings. The number of hydrogen-bond donors (Lipinski definition) is 2. The SMILES string of the molecule is COc1ccccc1CNC(C)C(O)c1ccc(Cl)cc1. The van der Waals surface area contributed by atoms with Gasteiger partial charge in [0.2, 0.25) is 0 Å². The van der Waals surface area contributed by atoms with Gasteiger partial charge in [-0.1, -0.05) is 41.9 Å². The molecular weight excluding hydrogens is 286 g/mol. The molecule has 0 aliphatic heterocycles. The third-order valence-corrected chi connectivity index (χ3v) is 3.74. The maximum Gasteiger partial charge on any atom is 0.123 e. The molecular formula is C17H20ClNO2. The van der Waals surface area contributed by atoms with E-state index < -0.39 is 6.10 Å². The van der Waals surface area contributed by atoms with E-state index in [0.717, 1.165) is 16.9 Å². The monoisotopic (exact) mass is 305 g/mol. The summed E-state index contributed by atoms with van der Waals surface area (Å²) in [6, 6.07) is 15.0. The summed E-state index contributed by atoms with van der Waals surface area (Å²) in [5, 5.41) is 14.3. The van der Waals surface area contributed by atoms with E-state index in [4.69, 9.17) is 16.3 Å². The number of aliphatic hydroxyl groups excluding tert-OH is 1. The standard InChI is InChI=1S/C17H20ClNO2/c1-12(17(20)13-7-9-15(18)10-8-13)19-11-14-5-3-4-6-16(14)21-2/h3-10,12,17,19-20H,11H2,1-2H3. The highest BCUT2D eigenvalue weighted by atomic mass is 35.5. The van der Waals surface area contributed by atoms with Crippen LogP contribution in [0.5, 0.6) is 5.75 Å². The van der Waals surface area contributed by atoms with Crippen molar-refractivity contribution in [2.45, 2.75) is 25.6 Å². The van der Waals surface area contributed by atoms with E-state index in [-0.39, 0.29) is 6.04 Å². The zero-order valence-electron chi connectivity index (χ0n) is 12.2. The maximum atomic E-state index is 10.3. The number of ether oxygens (including phenoxy) is 1. The van der Waals surface area contributed by atoms with Crippen LogP contribution in [0.15, 0.2) is 48.5 Å². The van der Waals surface area contributed by atoms with Gasteiger partial charge >= 0.3 is 0 Å². The first-order chi connectivity index (χ1) is 10.1. The summed E-state index contributed by atoms with van der Waals surface area (Å²) in [5.41, 5.74) is 1.91.